The van der Waals surface area contributed by atoms with Crippen LogP contribution >= 0.6 is 0 Å². The smallest absolute Gasteiger partial charge is 0.162 e. The maximum absolute atomic E-state index is 5.31. The van der Waals surface area contributed by atoms with Crippen LogP contribution in [0.1, 0.15) is 24.3 Å². The molecule has 1 fully saturated rings. The number of aryl methyl sites for hydroxylation is 1. The summed E-state index contributed by atoms with van der Waals surface area (Å²) in [6.45, 7) is 4.31. The van der Waals surface area contributed by atoms with Crippen molar-refractivity contribution >= 4 is 5.57 Å². The Morgan fingerprint density at radius 2 is 2.27 bits per heavy atom. The van der Waals surface area contributed by atoms with Crippen LogP contribution in [0.2, 0.25) is 0 Å². The second-order valence-corrected chi connectivity index (χ2v) is 4.68. The zero-order chi connectivity index (χ0) is 10.3. The predicted octanol–water partition coefficient (Wildman–Crippen LogP) is 2.00. The second kappa shape index (κ2) is 3.49. The van der Waals surface area contributed by atoms with Crippen molar-refractivity contribution in [2.45, 2.75) is 19.8 Å². The van der Waals surface area contributed by atoms with Crippen LogP contribution in [0.3, 0.4) is 0 Å². The van der Waals surface area contributed by atoms with E-state index in [2.05, 4.69) is 16.5 Å². The van der Waals surface area contributed by atoms with Crippen molar-refractivity contribution in [2.24, 2.45) is 11.8 Å². The van der Waals surface area contributed by atoms with Gasteiger partial charge in [-0.05, 0) is 50.3 Å². The largest absolute Gasteiger partial charge is 0.356 e. The highest BCUT2D eigenvalue weighted by Gasteiger charge is 2.31. The van der Waals surface area contributed by atoms with Gasteiger partial charge in [0, 0.05) is 6.07 Å². The Morgan fingerprint density at radius 1 is 1.40 bits per heavy atom. The number of fused-ring (bicyclic) bond motifs is 1. The van der Waals surface area contributed by atoms with Crippen LogP contribution in [0, 0.1) is 18.8 Å². The highest BCUT2D eigenvalue weighted by atomic mass is 16.5. The Bertz CT molecular complexity index is 394. The van der Waals surface area contributed by atoms with Crippen LogP contribution in [0.4, 0.5) is 0 Å². The van der Waals surface area contributed by atoms with Gasteiger partial charge in [-0.3, -0.25) is 0 Å². The lowest BCUT2D eigenvalue weighted by Crippen LogP contribution is -2.16. The topological polar surface area (TPSA) is 38.1 Å². The third-order valence-electron chi connectivity index (χ3n) is 3.57. The Kier molecular flexibility index (Phi) is 2.13. The van der Waals surface area contributed by atoms with Gasteiger partial charge in [0.2, 0.25) is 0 Å². The van der Waals surface area contributed by atoms with Crippen LogP contribution in [0.25, 0.3) is 5.57 Å². The molecule has 2 atom stereocenters. The van der Waals surface area contributed by atoms with E-state index in [9.17, 15) is 0 Å². The minimum Gasteiger partial charge on any atom is -0.356 e. The highest BCUT2D eigenvalue weighted by molar-refractivity contribution is 5.62. The summed E-state index contributed by atoms with van der Waals surface area (Å²) in [5, 5.41) is 7.41. The Morgan fingerprint density at radius 3 is 3.07 bits per heavy atom. The quantitative estimate of drug-likeness (QED) is 0.760. The number of nitrogens with one attached hydrogen (secondary N) is 1. The van der Waals surface area contributed by atoms with Gasteiger partial charge in [0.1, 0.15) is 0 Å². The summed E-state index contributed by atoms with van der Waals surface area (Å²) in [5.74, 6) is 2.62. The Labute approximate surface area is 89.5 Å². The summed E-state index contributed by atoms with van der Waals surface area (Å²) < 4.78 is 5.31. The normalized spacial score (nSPS) is 30.1. The molecule has 80 valence electrons. The van der Waals surface area contributed by atoms with Crippen molar-refractivity contribution in [2.75, 3.05) is 13.1 Å². The Balaban J connectivity index is 1.83. The molecule has 1 saturated heterocycles. The molecule has 1 aliphatic carbocycles. The van der Waals surface area contributed by atoms with Gasteiger partial charge in [-0.1, -0.05) is 11.2 Å². The molecular formula is C12H16N2O. The first-order chi connectivity index (χ1) is 7.33. The first-order valence-electron chi connectivity index (χ1n) is 5.66. The summed E-state index contributed by atoms with van der Waals surface area (Å²) in [6.07, 6.45) is 4.66. The number of hydrogen-bond acceptors (Lipinski definition) is 3. The van der Waals surface area contributed by atoms with Gasteiger partial charge in [-0.2, -0.15) is 0 Å². The van der Waals surface area contributed by atoms with E-state index >= 15 is 0 Å². The molecule has 0 amide bonds. The number of nitrogens with zero attached hydrogens (tertiary/aromatic N) is 1. The van der Waals surface area contributed by atoms with E-state index in [0.717, 1.165) is 36.3 Å². The van der Waals surface area contributed by atoms with Crippen LogP contribution < -0.4 is 5.32 Å². The zero-order valence-corrected chi connectivity index (χ0v) is 8.99. The molecule has 1 N–H and O–H groups in total. The molecule has 2 unspecified atom stereocenters. The molecule has 0 radical (unpaired) electrons. The molecule has 3 nitrogen and oxygen atoms in total. The maximum Gasteiger partial charge on any atom is 0.162 e. The third-order valence-corrected chi connectivity index (χ3v) is 3.57. The molecule has 0 saturated carbocycles. The summed E-state index contributed by atoms with van der Waals surface area (Å²) in [4.78, 5) is 0. The standard InChI is InChI=1S/C12H16N2O/c1-8-4-12(15-14-8)9-2-3-10-6-13-7-11(10)5-9/h2,4,10-11,13H,3,5-7H2,1H3. The van der Waals surface area contributed by atoms with Gasteiger partial charge < -0.3 is 9.84 Å². The first-order valence-corrected chi connectivity index (χ1v) is 5.66. The number of allylic oxidation sites excluding steroid dienone is 2. The lowest BCUT2D eigenvalue weighted by molar-refractivity contribution is 0.385. The number of hydrogen-bond donors (Lipinski definition) is 1. The van der Waals surface area contributed by atoms with Crippen LogP contribution in [0.15, 0.2) is 16.7 Å². The van der Waals surface area contributed by atoms with Crippen molar-refractivity contribution in [3.8, 4) is 0 Å². The van der Waals surface area contributed by atoms with Crippen molar-refractivity contribution in [3.05, 3.63) is 23.6 Å². The summed E-state index contributed by atoms with van der Waals surface area (Å²) in [5.41, 5.74) is 2.32. The lowest BCUT2D eigenvalue weighted by atomic mass is 9.81. The average molecular weight is 204 g/mol. The van der Waals surface area contributed by atoms with E-state index in [0.29, 0.717) is 0 Å². The minimum atomic E-state index is 0.801. The molecule has 1 aliphatic heterocycles. The molecular weight excluding hydrogens is 188 g/mol. The fourth-order valence-electron chi connectivity index (χ4n) is 2.68. The second-order valence-electron chi connectivity index (χ2n) is 4.68. The maximum atomic E-state index is 5.31. The van der Waals surface area contributed by atoms with Gasteiger partial charge in [-0.25, -0.2) is 0 Å². The summed E-state index contributed by atoms with van der Waals surface area (Å²) >= 11 is 0. The van der Waals surface area contributed by atoms with E-state index in [1.807, 2.05) is 13.0 Å². The van der Waals surface area contributed by atoms with Gasteiger partial charge in [0.25, 0.3) is 0 Å². The molecule has 2 aliphatic rings. The molecule has 1 aromatic rings. The minimum absolute atomic E-state index is 0.801. The summed E-state index contributed by atoms with van der Waals surface area (Å²) in [7, 11) is 0. The fourth-order valence-corrected chi connectivity index (χ4v) is 2.68. The highest BCUT2D eigenvalue weighted by Crippen LogP contribution is 2.36. The predicted molar refractivity (Wildman–Crippen MR) is 58.3 cm³/mol. The SMILES string of the molecule is Cc1cc(C2=CCC3CNCC3C2)on1. The van der Waals surface area contributed by atoms with E-state index in [1.165, 1.54) is 18.5 Å². The fraction of sp³-hybridized carbons (Fsp3) is 0.583. The van der Waals surface area contributed by atoms with E-state index in [-0.39, 0.29) is 0 Å². The van der Waals surface area contributed by atoms with Crippen molar-refractivity contribution < 1.29 is 4.52 Å². The molecule has 2 heterocycles. The van der Waals surface area contributed by atoms with Crippen LogP contribution in [-0.4, -0.2) is 18.2 Å². The molecule has 0 bridgehead atoms. The average Bonchev–Trinajstić information content (AvgIpc) is 2.84. The molecule has 1 aromatic heterocycles. The monoisotopic (exact) mass is 204 g/mol. The van der Waals surface area contributed by atoms with Crippen molar-refractivity contribution in [3.63, 3.8) is 0 Å². The van der Waals surface area contributed by atoms with Gasteiger partial charge in [0.05, 0.1) is 5.69 Å². The van der Waals surface area contributed by atoms with Crippen molar-refractivity contribution in [1.82, 2.24) is 10.5 Å². The lowest BCUT2D eigenvalue weighted by Gasteiger charge is -2.22. The van der Waals surface area contributed by atoms with Gasteiger partial charge in [-0.15, -0.1) is 0 Å². The number of aromatic nitrogens is 1. The van der Waals surface area contributed by atoms with Crippen LogP contribution in [0.5, 0.6) is 0 Å². The van der Waals surface area contributed by atoms with Crippen molar-refractivity contribution in [1.29, 1.82) is 0 Å². The van der Waals surface area contributed by atoms with Crippen LogP contribution in [-0.2, 0) is 0 Å². The van der Waals surface area contributed by atoms with E-state index in [4.69, 9.17) is 4.52 Å². The van der Waals surface area contributed by atoms with Gasteiger partial charge in [0.15, 0.2) is 5.76 Å². The molecule has 0 aromatic carbocycles. The number of rotatable bonds is 1. The van der Waals surface area contributed by atoms with E-state index in [1.54, 1.807) is 0 Å². The Hall–Kier alpha value is -1.09. The molecule has 3 rings (SSSR count). The molecule has 15 heavy (non-hydrogen) atoms. The van der Waals surface area contributed by atoms with E-state index < -0.39 is 0 Å². The first kappa shape index (κ1) is 9.16. The third kappa shape index (κ3) is 1.61. The van der Waals surface area contributed by atoms with Gasteiger partial charge >= 0.3 is 0 Å². The zero-order valence-electron chi connectivity index (χ0n) is 8.99. The molecule has 3 heteroatoms. The summed E-state index contributed by atoms with van der Waals surface area (Å²) in [6, 6.07) is 2.04. The molecule has 0 spiro atoms.